The largest absolute Gasteiger partial charge is 0.315 e. The Hall–Kier alpha value is -1.33. The van der Waals surface area contributed by atoms with Gasteiger partial charge in [-0.15, -0.1) is 0 Å². The van der Waals surface area contributed by atoms with Gasteiger partial charge in [0.2, 0.25) is 0 Å². The highest BCUT2D eigenvalue weighted by molar-refractivity contribution is 5.32. The summed E-state index contributed by atoms with van der Waals surface area (Å²) in [5.74, 6) is 0.492. The SMILES string of the molecule is Cc1ccccc1C(C)(C)CNCC(C#N)C(C)C. The molecule has 1 N–H and O–H groups in total. The average molecular weight is 258 g/mol. The van der Waals surface area contributed by atoms with Crippen LogP contribution in [-0.2, 0) is 5.41 Å². The second-order valence-electron chi connectivity index (χ2n) is 6.31. The Labute approximate surface area is 117 Å². The van der Waals surface area contributed by atoms with Gasteiger partial charge in [-0.2, -0.15) is 5.26 Å². The van der Waals surface area contributed by atoms with E-state index in [0.29, 0.717) is 5.92 Å². The molecule has 1 unspecified atom stereocenters. The van der Waals surface area contributed by atoms with Crippen molar-refractivity contribution in [3.05, 3.63) is 35.4 Å². The fourth-order valence-corrected chi connectivity index (χ4v) is 2.40. The molecule has 0 amide bonds. The summed E-state index contributed by atoms with van der Waals surface area (Å²) in [6.45, 7) is 12.5. The van der Waals surface area contributed by atoms with Crippen LogP contribution in [-0.4, -0.2) is 13.1 Å². The molecule has 19 heavy (non-hydrogen) atoms. The van der Waals surface area contributed by atoms with Gasteiger partial charge >= 0.3 is 0 Å². The summed E-state index contributed by atoms with van der Waals surface area (Å²) in [6, 6.07) is 10.9. The molecule has 1 atom stereocenters. The van der Waals surface area contributed by atoms with Crippen molar-refractivity contribution < 1.29 is 0 Å². The summed E-state index contributed by atoms with van der Waals surface area (Å²) in [5.41, 5.74) is 2.79. The maximum Gasteiger partial charge on any atom is 0.0671 e. The number of nitriles is 1. The molecule has 2 nitrogen and oxygen atoms in total. The zero-order valence-electron chi connectivity index (χ0n) is 12.8. The number of hydrogen-bond acceptors (Lipinski definition) is 2. The molecule has 2 heteroatoms. The Balaban J connectivity index is 2.62. The molecule has 1 aromatic rings. The van der Waals surface area contributed by atoms with Crippen LogP contribution >= 0.6 is 0 Å². The molecule has 0 fully saturated rings. The molecule has 1 rings (SSSR count). The molecule has 0 aliphatic rings. The number of hydrogen-bond donors (Lipinski definition) is 1. The molecule has 0 saturated heterocycles. The van der Waals surface area contributed by atoms with Crippen molar-refractivity contribution in [2.24, 2.45) is 11.8 Å². The Morgan fingerprint density at radius 2 is 1.89 bits per heavy atom. The van der Waals surface area contributed by atoms with Crippen molar-refractivity contribution >= 4 is 0 Å². The minimum Gasteiger partial charge on any atom is -0.315 e. The van der Waals surface area contributed by atoms with Gasteiger partial charge in [0.05, 0.1) is 12.0 Å². The smallest absolute Gasteiger partial charge is 0.0671 e. The lowest BCUT2D eigenvalue weighted by Crippen LogP contribution is -2.36. The number of nitrogens with one attached hydrogen (secondary N) is 1. The van der Waals surface area contributed by atoms with E-state index in [1.807, 2.05) is 0 Å². The number of aryl methyl sites for hydroxylation is 1. The number of rotatable bonds is 6. The van der Waals surface area contributed by atoms with Gasteiger partial charge in [-0.05, 0) is 24.0 Å². The second kappa shape index (κ2) is 6.73. The average Bonchev–Trinajstić information content (AvgIpc) is 2.34. The van der Waals surface area contributed by atoms with Crippen molar-refractivity contribution in [2.75, 3.05) is 13.1 Å². The third-order valence-electron chi connectivity index (χ3n) is 3.78. The molecular formula is C17H26N2. The van der Waals surface area contributed by atoms with Crippen LogP contribution in [0.5, 0.6) is 0 Å². The van der Waals surface area contributed by atoms with Crippen molar-refractivity contribution in [3.63, 3.8) is 0 Å². The summed E-state index contributed by atoms with van der Waals surface area (Å²) in [6.07, 6.45) is 0. The predicted octanol–water partition coefficient (Wildman–Crippen LogP) is 3.66. The highest BCUT2D eigenvalue weighted by Gasteiger charge is 2.22. The summed E-state index contributed by atoms with van der Waals surface area (Å²) >= 11 is 0. The lowest BCUT2D eigenvalue weighted by Gasteiger charge is -2.28. The third-order valence-corrected chi connectivity index (χ3v) is 3.78. The van der Waals surface area contributed by atoms with Crippen LogP contribution in [0.3, 0.4) is 0 Å². The van der Waals surface area contributed by atoms with Crippen molar-refractivity contribution in [1.29, 1.82) is 5.26 Å². The van der Waals surface area contributed by atoms with Crippen LogP contribution < -0.4 is 5.32 Å². The number of nitrogens with zero attached hydrogens (tertiary/aromatic N) is 1. The molecule has 0 aliphatic carbocycles. The Morgan fingerprint density at radius 3 is 2.42 bits per heavy atom. The molecule has 0 aromatic heterocycles. The van der Waals surface area contributed by atoms with Gasteiger partial charge in [-0.1, -0.05) is 52.0 Å². The number of benzene rings is 1. The van der Waals surface area contributed by atoms with E-state index in [2.05, 4.69) is 70.3 Å². The third kappa shape index (κ3) is 4.36. The maximum atomic E-state index is 9.10. The first-order chi connectivity index (χ1) is 8.88. The summed E-state index contributed by atoms with van der Waals surface area (Å²) in [4.78, 5) is 0. The van der Waals surface area contributed by atoms with Crippen LogP contribution in [0.2, 0.25) is 0 Å². The van der Waals surface area contributed by atoms with E-state index in [9.17, 15) is 0 Å². The van der Waals surface area contributed by atoms with Crippen molar-refractivity contribution in [3.8, 4) is 6.07 Å². The molecule has 0 heterocycles. The first-order valence-corrected chi connectivity index (χ1v) is 7.05. The molecule has 0 saturated carbocycles. The van der Waals surface area contributed by atoms with Gasteiger partial charge in [-0.25, -0.2) is 0 Å². The van der Waals surface area contributed by atoms with Crippen LogP contribution in [0, 0.1) is 30.1 Å². The van der Waals surface area contributed by atoms with Crippen LogP contribution in [0.25, 0.3) is 0 Å². The second-order valence-corrected chi connectivity index (χ2v) is 6.31. The molecule has 0 radical (unpaired) electrons. The Bertz CT molecular complexity index is 441. The molecule has 1 aromatic carbocycles. The molecule has 104 valence electrons. The van der Waals surface area contributed by atoms with E-state index in [0.717, 1.165) is 13.1 Å². The zero-order valence-corrected chi connectivity index (χ0v) is 12.8. The Morgan fingerprint density at radius 1 is 1.26 bits per heavy atom. The van der Waals surface area contributed by atoms with Crippen LogP contribution in [0.15, 0.2) is 24.3 Å². The van der Waals surface area contributed by atoms with E-state index in [1.165, 1.54) is 11.1 Å². The first kappa shape index (κ1) is 15.7. The van der Waals surface area contributed by atoms with E-state index in [-0.39, 0.29) is 11.3 Å². The lowest BCUT2D eigenvalue weighted by atomic mass is 9.82. The normalized spacial score (nSPS) is 13.3. The lowest BCUT2D eigenvalue weighted by molar-refractivity contribution is 0.402. The molecular weight excluding hydrogens is 232 g/mol. The van der Waals surface area contributed by atoms with E-state index < -0.39 is 0 Å². The Kier molecular flexibility index (Phi) is 5.57. The predicted molar refractivity (Wildman–Crippen MR) is 81.0 cm³/mol. The van der Waals surface area contributed by atoms with E-state index in [1.54, 1.807) is 0 Å². The monoisotopic (exact) mass is 258 g/mol. The highest BCUT2D eigenvalue weighted by Crippen LogP contribution is 2.25. The standard InChI is InChI=1S/C17H26N2/c1-13(2)15(10-18)11-19-12-17(4,5)16-9-7-6-8-14(16)3/h6-9,13,15,19H,11-12H2,1-5H3. The van der Waals surface area contributed by atoms with Gasteiger partial charge in [0, 0.05) is 18.5 Å². The maximum absolute atomic E-state index is 9.10. The van der Waals surface area contributed by atoms with Crippen LogP contribution in [0.4, 0.5) is 0 Å². The molecule has 0 bridgehead atoms. The van der Waals surface area contributed by atoms with Gasteiger partial charge in [0.15, 0.2) is 0 Å². The van der Waals surface area contributed by atoms with Gasteiger partial charge in [-0.3, -0.25) is 0 Å². The minimum absolute atomic E-state index is 0.0856. The minimum atomic E-state index is 0.0856. The highest BCUT2D eigenvalue weighted by atomic mass is 14.9. The van der Waals surface area contributed by atoms with Gasteiger partial charge in [0.1, 0.15) is 0 Å². The first-order valence-electron chi connectivity index (χ1n) is 7.05. The summed E-state index contributed by atoms with van der Waals surface area (Å²) < 4.78 is 0. The van der Waals surface area contributed by atoms with E-state index >= 15 is 0 Å². The van der Waals surface area contributed by atoms with Gasteiger partial charge < -0.3 is 5.32 Å². The fraction of sp³-hybridized carbons (Fsp3) is 0.588. The van der Waals surface area contributed by atoms with Crippen molar-refractivity contribution in [2.45, 2.75) is 40.0 Å². The molecule has 0 aliphatic heterocycles. The van der Waals surface area contributed by atoms with Gasteiger partial charge in [0.25, 0.3) is 0 Å². The fourth-order valence-electron chi connectivity index (χ4n) is 2.40. The topological polar surface area (TPSA) is 35.8 Å². The quantitative estimate of drug-likeness (QED) is 0.845. The summed E-state index contributed by atoms with van der Waals surface area (Å²) in [5, 5.41) is 12.6. The van der Waals surface area contributed by atoms with E-state index in [4.69, 9.17) is 5.26 Å². The van der Waals surface area contributed by atoms with Crippen molar-refractivity contribution in [1.82, 2.24) is 5.32 Å². The van der Waals surface area contributed by atoms with Crippen LogP contribution in [0.1, 0.15) is 38.8 Å². The zero-order chi connectivity index (χ0) is 14.5. The molecule has 0 spiro atoms. The summed E-state index contributed by atoms with van der Waals surface area (Å²) in [7, 11) is 0.